The van der Waals surface area contributed by atoms with Gasteiger partial charge >= 0.3 is 0 Å². The highest BCUT2D eigenvalue weighted by molar-refractivity contribution is 5.92. The number of amides is 1. The number of carbonyl (C=O) groups excluding carboxylic acids is 1. The van der Waals surface area contributed by atoms with E-state index >= 15 is 0 Å². The minimum absolute atomic E-state index is 0.0547. The van der Waals surface area contributed by atoms with Gasteiger partial charge in [0.15, 0.2) is 5.69 Å². The average Bonchev–Trinajstić information content (AvgIpc) is 2.75. The van der Waals surface area contributed by atoms with Crippen molar-refractivity contribution >= 4 is 5.91 Å². The lowest BCUT2D eigenvalue weighted by Gasteiger charge is -2.26. The maximum atomic E-state index is 12.0. The Morgan fingerprint density at radius 3 is 3.00 bits per heavy atom. The van der Waals surface area contributed by atoms with E-state index in [4.69, 9.17) is 11.7 Å². The highest BCUT2D eigenvalue weighted by Crippen LogP contribution is 2.10. The molecule has 1 aromatic rings. The Labute approximate surface area is 104 Å². The van der Waals surface area contributed by atoms with Crippen molar-refractivity contribution < 1.29 is 4.79 Å². The summed E-state index contributed by atoms with van der Waals surface area (Å²) in [6, 6.07) is 2.15. The minimum Gasteiger partial charge on any atom is -0.313 e. The summed E-state index contributed by atoms with van der Waals surface area (Å²) in [5.41, 5.74) is 0.215. The van der Waals surface area contributed by atoms with E-state index in [1.54, 1.807) is 10.9 Å². The Morgan fingerprint density at radius 2 is 2.44 bits per heavy atom. The molecule has 0 saturated carbocycles. The second-order valence-electron chi connectivity index (χ2n) is 3.92. The van der Waals surface area contributed by atoms with Crippen molar-refractivity contribution in [3.8, 4) is 18.4 Å². The van der Waals surface area contributed by atoms with Crippen LogP contribution in [0.4, 0.5) is 0 Å². The van der Waals surface area contributed by atoms with E-state index in [1.807, 2.05) is 6.07 Å². The zero-order valence-corrected chi connectivity index (χ0v) is 9.70. The molecule has 0 aromatic carbocycles. The van der Waals surface area contributed by atoms with Crippen LogP contribution in [-0.2, 0) is 0 Å². The number of terminal acetylenes is 1. The van der Waals surface area contributed by atoms with Crippen LogP contribution in [0, 0.1) is 23.7 Å². The molecule has 7 nitrogen and oxygen atoms in total. The molecule has 0 unspecified atom stereocenters. The average molecular weight is 244 g/mol. The van der Waals surface area contributed by atoms with E-state index < -0.39 is 0 Å². The first-order valence-electron chi connectivity index (χ1n) is 5.48. The second kappa shape index (κ2) is 5.30. The van der Waals surface area contributed by atoms with Crippen LogP contribution in [0.5, 0.6) is 0 Å². The number of hydrogen-bond donors (Lipinski definition) is 1. The van der Waals surface area contributed by atoms with Gasteiger partial charge in [0.2, 0.25) is 0 Å². The predicted molar refractivity (Wildman–Crippen MR) is 62.3 cm³/mol. The summed E-state index contributed by atoms with van der Waals surface area (Å²) in [6.45, 7) is 1.68. The van der Waals surface area contributed by atoms with Crippen LogP contribution in [0.25, 0.3) is 0 Å². The standard InChI is InChI=1S/C11H12N6O/c1-2-4-16(5-3-12)11(18)10-8-17(15-14-10)9-6-13-7-9/h1,8-9,13H,4-7H2. The van der Waals surface area contributed by atoms with E-state index in [0.29, 0.717) is 0 Å². The summed E-state index contributed by atoms with van der Waals surface area (Å²) in [5.74, 6) is 1.98. The molecule has 0 atom stereocenters. The number of nitrogens with zero attached hydrogens (tertiary/aromatic N) is 5. The Hall–Kier alpha value is -2.38. The molecule has 0 radical (unpaired) electrons. The summed E-state index contributed by atoms with van der Waals surface area (Å²) in [6.07, 6.45) is 6.75. The van der Waals surface area contributed by atoms with Gasteiger partial charge in [0.1, 0.15) is 6.54 Å². The van der Waals surface area contributed by atoms with Gasteiger partial charge in [0.25, 0.3) is 5.91 Å². The zero-order valence-electron chi connectivity index (χ0n) is 9.70. The number of hydrogen-bond acceptors (Lipinski definition) is 5. The van der Waals surface area contributed by atoms with Gasteiger partial charge in [-0.15, -0.1) is 11.5 Å². The fourth-order valence-corrected chi connectivity index (χ4v) is 1.57. The maximum Gasteiger partial charge on any atom is 0.277 e. The normalized spacial score (nSPS) is 14.3. The van der Waals surface area contributed by atoms with E-state index in [9.17, 15) is 4.79 Å². The van der Waals surface area contributed by atoms with Crippen LogP contribution in [0.2, 0.25) is 0 Å². The number of aromatic nitrogens is 3. The van der Waals surface area contributed by atoms with E-state index in [1.165, 1.54) is 4.90 Å². The quantitative estimate of drug-likeness (QED) is 0.543. The molecule has 1 aliphatic rings. The molecular formula is C11H12N6O. The molecule has 7 heteroatoms. The molecule has 18 heavy (non-hydrogen) atoms. The second-order valence-corrected chi connectivity index (χ2v) is 3.92. The monoisotopic (exact) mass is 244 g/mol. The third-order valence-corrected chi connectivity index (χ3v) is 2.69. The summed E-state index contributed by atoms with van der Waals surface area (Å²) < 4.78 is 1.66. The molecule has 92 valence electrons. The Balaban J connectivity index is 2.09. The lowest BCUT2D eigenvalue weighted by Crippen LogP contribution is -2.43. The number of rotatable bonds is 4. The Bertz CT molecular complexity index is 502. The fraction of sp³-hybridized carbons (Fsp3) is 0.455. The molecule has 0 spiro atoms. The van der Waals surface area contributed by atoms with E-state index in [2.05, 4.69) is 21.5 Å². The largest absolute Gasteiger partial charge is 0.313 e. The van der Waals surface area contributed by atoms with E-state index in [0.717, 1.165) is 13.1 Å². The minimum atomic E-state index is -0.368. The summed E-state index contributed by atoms with van der Waals surface area (Å²) >= 11 is 0. The van der Waals surface area contributed by atoms with E-state index in [-0.39, 0.29) is 30.7 Å². The first kappa shape index (κ1) is 12.1. The molecule has 0 bridgehead atoms. The molecule has 0 aliphatic carbocycles. The molecule has 1 saturated heterocycles. The number of carbonyl (C=O) groups is 1. The molecule has 1 N–H and O–H groups in total. The lowest BCUT2D eigenvalue weighted by molar-refractivity contribution is 0.0789. The lowest BCUT2D eigenvalue weighted by atomic mass is 10.2. The van der Waals surface area contributed by atoms with Crippen molar-refractivity contribution in [1.82, 2.24) is 25.2 Å². The molecule has 2 rings (SSSR count). The van der Waals surface area contributed by atoms with Crippen LogP contribution in [0.15, 0.2) is 6.20 Å². The van der Waals surface area contributed by atoms with Gasteiger partial charge in [-0.3, -0.25) is 4.79 Å². The molecule has 1 fully saturated rings. The van der Waals surface area contributed by atoms with Gasteiger partial charge in [0.05, 0.1) is 24.9 Å². The topological polar surface area (TPSA) is 86.8 Å². The highest BCUT2D eigenvalue weighted by Gasteiger charge is 2.23. The molecule has 1 aromatic heterocycles. The number of nitrogens with one attached hydrogen (secondary N) is 1. The first-order valence-corrected chi connectivity index (χ1v) is 5.48. The highest BCUT2D eigenvalue weighted by atomic mass is 16.2. The summed E-state index contributed by atoms with van der Waals surface area (Å²) in [7, 11) is 0. The van der Waals surface area contributed by atoms with Crippen molar-refractivity contribution in [3.63, 3.8) is 0 Å². The van der Waals surface area contributed by atoms with Crippen molar-refractivity contribution in [2.45, 2.75) is 6.04 Å². The third kappa shape index (κ3) is 2.31. The Kier molecular flexibility index (Phi) is 3.56. The van der Waals surface area contributed by atoms with Gasteiger partial charge in [-0.1, -0.05) is 11.1 Å². The summed E-state index contributed by atoms with van der Waals surface area (Å²) in [4.78, 5) is 13.3. The molecule has 1 aliphatic heterocycles. The van der Waals surface area contributed by atoms with Crippen molar-refractivity contribution in [2.75, 3.05) is 26.2 Å². The SMILES string of the molecule is C#CCN(CC#N)C(=O)c1cn(C2CNC2)nn1. The van der Waals surface area contributed by atoms with Crippen LogP contribution < -0.4 is 5.32 Å². The maximum absolute atomic E-state index is 12.0. The summed E-state index contributed by atoms with van der Waals surface area (Å²) in [5, 5.41) is 19.5. The van der Waals surface area contributed by atoms with Crippen molar-refractivity contribution in [3.05, 3.63) is 11.9 Å². The molecule has 1 amide bonds. The van der Waals surface area contributed by atoms with Gasteiger partial charge in [-0.25, -0.2) is 4.68 Å². The first-order chi connectivity index (χ1) is 8.76. The van der Waals surface area contributed by atoms with Crippen molar-refractivity contribution in [1.29, 1.82) is 5.26 Å². The van der Waals surface area contributed by atoms with Gasteiger partial charge in [0, 0.05) is 13.1 Å². The smallest absolute Gasteiger partial charge is 0.277 e. The van der Waals surface area contributed by atoms with Gasteiger partial charge < -0.3 is 10.2 Å². The number of nitriles is 1. The Morgan fingerprint density at radius 1 is 1.67 bits per heavy atom. The van der Waals surface area contributed by atoms with Crippen LogP contribution in [0.1, 0.15) is 16.5 Å². The third-order valence-electron chi connectivity index (χ3n) is 2.69. The molecule has 2 heterocycles. The molecular weight excluding hydrogens is 232 g/mol. The predicted octanol–water partition coefficient (Wildman–Crippen LogP) is -0.979. The van der Waals surface area contributed by atoms with Crippen LogP contribution in [-0.4, -0.2) is 52.0 Å². The van der Waals surface area contributed by atoms with Crippen molar-refractivity contribution in [2.24, 2.45) is 0 Å². The zero-order chi connectivity index (χ0) is 13.0. The van der Waals surface area contributed by atoms with Crippen LogP contribution >= 0.6 is 0 Å². The van der Waals surface area contributed by atoms with Gasteiger partial charge in [-0.2, -0.15) is 5.26 Å². The van der Waals surface area contributed by atoms with Crippen LogP contribution in [0.3, 0.4) is 0 Å². The van der Waals surface area contributed by atoms with Gasteiger partial charge in [-0.05, 0) is 0 Å². The fourth-order valence-electron chi connectivity index (χ4n) is 1.57.